The highest BCUT2D eigenvalue weighted by Gasteiger charge is 2.10. The van der Waals surface area contributed by atoms with E-state index in [2.05, 4.69) is 31.9 Å². The zero-order valence-electron chi connectivity index (χ0n) is 16.3. The zero-order chi connectivity index (χ0) is 22.2. The van der Waals surface area contributed by atoms with Crippen molar-refractivity contribution in [1.29, 1.82) is 0 Å². The van der Waals surface area contributed by atoms with Gasteiger partial charge in [-0.15, -0.1) is 0 Å². The molecule has 0 atom stereocenters. The summed E-state index contributed by atoms with van der Waals surface area (Å²) < 4.78 is 14.1. The quantitative estimate of drug-likeness (QED) is 0.476. The predicted molar refractivity (Wildman–Crippen MR) is 119 cm³/mol. The fraction of sp³-hybridized carbons (Fsp3) is 0.0870. The number of nitrogens with one attached hydrogen (secondary N) is 3. The van der Waals surface area contributed by atoms with Crippen LogP contribution in [0.1, 0.15) is 26.3 Å². The highest BCUT2D eigenvalue weighted by atomic mass is 79.9. The molecule has 8 heteroatoms. The number of carbonyl (C=O) groups is 3. The van der Waals surface area contributed by atoms with Gasteiger partial charge in [0.05, 0.1) is 6.54 Å². The molecule has 0 aliphatic heterocycles. The SMILES string of the molecule is O=C(CNC(=O)c1cccc(Br)c1)NCc1cccc(NC(=O)c2cccc(F)c2)c1. The van der Waals surface area contributed by atoms with Crippen molar-refractivity contribution in [3.63, 3.8) is 0 Å². The maximum Gasteiger partial charge on any atom is 0.255 e. The summed E-state index contributed by atoms with van der Waals surface area (Å²) in [6.07, 6.45) is 0. The topological polar surface area (TPSA) is 87.3 Å². The van der Waals surface area contributed by atoms with Crippen LogP contribution in [0.5, 0.6) is 0 Å². The second-order valence-corrected chi connectivity index (χ2v) is 7.55. The van der Waals surface area contributed by atoms with E-state index in [1.165, 1.54) is 18.2 Å². The maximum absolute atomic E-state index is 13.3. The van der Waals surface area contributed by atoms with Crippen LogP contribution in [0.15, 0.2) is 77.3 Å². The Balaban J connectivity index is 1.49. The van der Waals surface area contributed by atoms with Gasteiger partial charge in [-0.1, -0.05) is 40.2 Å². The number of anilines is 1. The minimum absolute atomic E-state index is 0.165. The van der Waals surface area contributed by atoms with Crippen molar-refractivity contribution in [2.45, 2.75) is 6.54 Å². The first-order chi connectivity index (χ1) is 14.9. The molecular formula is C23H19BrFN3O3. The van der Waals surface area contributed by atoms with E-state index in [0.29, 0.717) is 11.3 Å². The molecule has 3 amide bonds. The normalized spacial score (nSPS) is 10.3. The molecule has 0 aromatic heterocycles. The molecule has 0 saturated carbocycles. The summed E-state index contributed by atoms with van der Waals surface area (Å²) >= 11 is 3.30. The fourth-order valence-electron chi connectivity index (χ4n) is 2.75. The van der Waals surface area contributed by atoms with E-state index < -0.39 is 11.7 Å². The third kappa shape index (κ3) is 6.75. The molecule has 0 unspecified atom stereocenters. The van der Waals surface area contributed by atoms with Gasteiger partial charge in [0.15, 0.2) is 0 Å². The lowest BCUT2D eigenvalue weighted by Crippen LogP contribution is -2.36. The van der Waals surface area contributed by atoms with Crippen molar-refractivity contribution in [1.82, 2.24) is 10.6 Å². The lowest BCUT2D eigenvalue weighted by Gasteiger charge is -2.10. The van der Waals surface area contributed by atoms with Gasteiger partial charge < -0.3 is 16.0 Å². The van der Waals surface area contributed by atoms with E-state index in [4.69, 9.17) is 0 Å². The maximum atomic E-state index is 13.3. The van der Waals surface area contributed by atoms with E-state index in [1.807, 2.05) is 0 Å². The van der Waals surface area contributed by atoms with Crippen LogP contribution in [-0.4, -0.2) is 24.3 Å². The van der Waals surface area contributed by atoms with Gasteiger partial charge in [0.25, 0.3) is 11.8 Å². The molecule has 3 rings (SSSR count). The number of hydrogen-bond acceptors (Lipinski definition) is 3. The second kappa shape index (κ2) is 10.5. The highest BCUT2D eigenvalue weighted by molar-refractivity contribution is 9.10. The standard InChI is InChI=1S/C23H19BrFN3O3/c24-18-7-2-5-16(11-18)22(30)27-14-21(29)26-13-15-4-1-9-20(10-15)28-23(31)17-6-3-8-19(25)12-17/h1-12H,13-14H2,(H,26,29)(H,27,30)(H,28,31). The average molecular weight is 484 g/mol. The van der Waals surface area contributed by atoms with E-state index >= 15 is 0 Å². The predicted octanol–water partition coefficient (Wildman–Crippen LogP) is 3.89. The molecular weight excluding hydrogens is 465 g/mol. The molecule has 0 aliphatic rings. The van der Waals surface area contributed by atoms with Gasteiger partial charge in [-0.25, -0.2) is 4.39 Å². The summed E-state index contributed by atoms with van der Waals surface area (Å²) in [5, 5.41) is 7.97. The Bertz CT molecular complexity index is 1120. The van der Waals surface area contributed by atoms with Crippen LogP contribution in [0, 0.1) is 5.82 Å². The Morgan fingerprint density at radius 3 is 2.26 bits per heavy atom. The van der Waals surface area contributed by atoms with Gasteiger partial charge in [-0.05, 0) is 54.1 Å². The van der Waals surface area contributed by atoms with E-state index in [1.54, 1.807) is 48.5 Å². The Labute approximate surface area is 187 Å². The molecule has 3 N–H and O–H groups in total. The molecule has 3 aromatic rings. The van der Waals surface area contributed by atoms with Crippen LogP contribution in [0.2, 0.25) is 0 Å². The van der Waals surface area contributed by atoms with Crippen LogP contribution >= 0.6 is 15.9 Å². The summed E-state index contributed by atoms with van der Waals surface area (Å²) in [4.78, 5) is 36.4. The lowest BCUT2D eigenvalue weighted by atomic mass is 10.1. The number of hydrogen-bond donors (Lipinski definition) is 3. The average Bonchev–Trinajstić information content (AvgIpc) is 2.76. The Kier molecular flexibility index (Phi) is 7.50. The minimum Gasteiger partial charge on any atom is -0.350 e. The minimum atomic E-state index is -0.490. The Morgan fingerprint density at radius 1 is 0.806 bits per heavy atom. The van der Waals surface area contributed by atoms with Gasteiger partial charge in [-0.2, -0.15) is 0 Å². The van der Waals surface area contributed by atoms with Gasteiger partial charge in [0.1, 0.15) is 5.82 Å². The molecule has 0 bridgehead atoms. The third-order valence-electron chi connectivity index (χ3n) is 4.26. The van der Waals surface area contributed by atoms with Crippen LogP contribution in [-0.2, 0) is 11.3 Å². The van der Waals surface area contributed by atoms with Crippen LogP contribution in [0.25, 0.3) is 0 Å². The summed E-state index contributed by atoms with van der Waals surface area (Å²) in [6.45, 7) is 0.0522. The number of halogens is 2. The summed E-state index contributed by atoms with van der Waals surface area (Å²) in [5.41, 5.74) is 1.93. The zero-order valence-corrected chi connectivity index (χ0v) is 17.9. The summed E-state index contributed by atoms with van der Waals surface area (Å²) in [5.74, 6) is -1.62. The van der Waals surface area contributed by atoms with Crippen LogP contribution < -0.4 is 16.0 Å². The number of carbonyl (C=O) groups excluding carboxylic acids is 3. The van der Waals surface area contributed by atoms with Gasteiger partial charge in [-0.3, -0.25) is 14.4 Å². The molecule has 0 radical (unpaired) electrons. The van der Waals surface area contributed by atoms with Crippen molar-refractivity contribution in [3.8, 4) is 0 Å². The van der Waals surface area contributed by atoms with Gasteiger partial charge in [0.2, 0.25) is 5.91 Å². The van der Waals surface area contributed by atoms with Gasteiger partial charge >= 0.3 is 0 Å². The molecule has 31 heavy (non-hydrogen) atoms. The van der Waals surface area contributed by atoms with E-state index in [9.17, 15) is 18.8 Å². The second-order valence-electron chi connectivity index (χ2n) is 6.63. The van der Waals surface area contributed by atoms with E-state index in [-0.39, 0.29) is 30.5 Å². The largest absolute Gasteiger partial charge is 0.350 e. The monoisotopic (exact) mass is 483 g/mol. The Hall–Kier alpha value is -3.52. The van der Waals surface area contributed by atoms with Crippen molar-refractivity contribution < 1.29 is 18.8 Å². The van der Waals surface area contributed by atoms with Crippen LogP contribution in [0.3, 0.4) is 0 Å². The first-order valence-corrected chi connectivity index (χ1v) is 10.2. The van der Waals surface area contributed by atoms with Gasteiger partial charge in [0, 0.05) is 27.8 Å². The first-order valence-electron chi connectivity index (χ1n) is 9.37. The smallest absolute Gasteiger partial charge is 0.255 e. The summed E-state index contributed by atoms with van der Waals surface area (Å²) in [7, 11) is 0. The molecule has 0 aliphatic carbocycles. The molecule has 0 heterocycles. The van der Waals surface area contributed by atoms with Crippen LogP contribution in [0.4, 0.5) is 10.1 Å². The van der Waals surface area contributed by atoms with Crippen molar-refractivity contribution in [2.24, 2.45) is 0 Å². The number of rotatable bonds is 7. The molecule has 158 valence electrons. The van der Waals surface area contributed by atoms with Crippen molar-refractivity contribution in [2.75, 3.05) is 11.9 Å². The number of amides is 3. The molecule has 0 saturated heterocycles. The molecule has 3 aromatic carbocycles. The van der Waals surface area contributed by atoms with Crippen molar-refractivity contribution in [3.05, 3.63) is 99.8 Å². The summed E-state index contributed by atoms with van der Waals surface area (Å²) in [6, 6.07) is 19.2. The fourth-order valence-corrected chi connectivity index (χ4v) is 3.15. The molecule has 0 spiro atoms. The third-order valence-corrected chi connectivity index (χ3v) is 4.75. The Morgan fingerprint density at radius 2 is 1.52 bits per heavy atom. The van der Waals surface area contributed by atoms with Crippen molar-refractivity contribution >= 4 is 39.3 Å². The van der Waals surface area contributed by atoms with E-state index in [0.717, 1.165) is 16.1 Å². The first kappa shape index (κ1) is 22.2. The highest BCUT2D eigenvalue weighted by Crippen LogP contribution is 2.13. The molecule has 6 nitrogen and oxygen atoms in total. The lowest BCUT2D eigenvalue weighted by molar-refractivity contribution is -0.120. The number of benzene rings is 3. The molecule has 0 fully saturated rings.